The number of rotatable bonds is 3. The Labute approximate surface area is 151 Å². The van der Waals surface area contributed by atoms with E-state index in [-0.39, 0.29) is 5.56 Å². The average molecular weight is 354 g/mol. The van der Waals surface area contributed by atoms with Crippen molar-refractivity contribution in [1.82, 2.24) is 18.3 Å². The third-order valence-electron chi connectivity index (χ3n) is 4.71. The number of pyridine rings is 2. The molecular formula is C19H22N4OS. The van der Waals surface area contributed by atoms with Gasteiger partial charge in [0.15, 0.2) is 0 Å². The lowest BCUT2D eigenvalue weighted by atomic mass is 10.1. The monoisotopic (exact) mass is 354 g/mol. The molecule has 4 heterocycles. The molecule has 0 bridgehead atoms. The first-order valence-corrected chi connectivity index (χ1v) is 9.47. The van der Waals surface area contributed by atoms with E-state index in [1.807, 2.05) is 31.5 Å². The van der Waals surface area contributed by atoms with Gasteiger partial charge in [-0.25, -0.2) is 9.29 Å². The van der Waals surface area contributed by atoms with E-state index in [2.05, 4.69) is 26.0 Å². The van der Waals surface area contributed by atoms with Crippen molar-refractivity contribution in [3.63, 3.8) is 0 Å². The Bertz CT molecular complexity index is 943. The number of fused-ring (bicyclic) bond motifs is 1. The molecular weight excluding hydrogens is 332 g/mol. The standard InChI is InChI=1S/C19H22N4OS/c1-14-10-16(12-21(2)19(14)24)15-6-7-17-20-11-18(23(17)13-15)25-22-8-4-3-5-9-22/h6-7,10-13H,3-5,8-9H2,1-2H3. The van der Waals surface area contributed by atoms with Crippen LogP contribution in [0.2, 0.25) is 0 Å². The van der Waals surface area contributed by atoms with Crippen LogP contribution in [0.25, 0.3) is 16.8 Å². The Hall–Kier alpha value is -2.05. The maximum Gasteiger partial charge on any atom is 0.253 e. The predicted octanol–water partition coefficient (Wildman–Crippen LogP) is 3.50. The fraction of sp³-hybridized carbons (Fsp3) is 0.368. The van der Waals surface area contributed by atoms with E-state index in [1.54, 1.807) is 23.6 Å². The molecule has 0 aliphatic carbocycles. The maximum absolute atomic E-state index is 11.9. The zero-order valence-electron chi connectivity index (χ0n) is 14.6. The van der Waals surface area contributed by atoms with Gasteiger partial charge in [0.2, 0.25) is 0 Å². The molecule has 1 aliphatic heterocycles. The van der Waals surface area contributed by atoms with E-state index < -0.39 is 0 Å². The molecule has 0 atom stereocenters. The van der Waals surface area contributed by atoms with Crippen molar-refractivity contribution in [2.75, 3.05) is 13.1 Å². The van der Waals surface area contributed by atoms with Crippen molar-refractivity contribution < 1.29 is 0 Å². The molecule has 25 heavy (non-hydrogen) atoms. The van der Waals surface area contributed by atoms with Crippen LogP contribution in [0.15, 0.2) is 46.6 Å². The number of hydrogen-bond acceptors (Lipinski definition) is 4. The molecule has 6 heteroatoms. The quantitative estimate of drug-likeness (QED) is 0.675. The van der Waals surface area contributed by atoms with E-state index in [4.69, 9.17) is 0 Å². The van der Waals surface area contributed by atoms with Crippen molar-refractivity contribution in [3.05, 3.63) is 52.7 Å². The number of piperidine rings is 1. The van der Waals surface area contributed by atoms with Crippen molar-refractivity contribution >= 4 is 17.6 Å². The fourth-order valence-corrected chi connectivity index (χ4v) is 4.36. The van der Waals surface area contributed by atoms with Gasteiger partial charge in [0.25, 0.3) is 5.56 Å². The molecule has 3 aromatic rings. The van der Waals surface area contributed by atoms with Crippen molar-refractivity contribution in [3.8, 4) is 11.1 Å². The fourth-order valence-electron chi connectivity index (χ4n) is 3.32. The third-order valence-corrected chi connectivity index (χ3v) is 5.82. The van der Waals surface area contributed by atoms with Crippen LogP contribution in [-0.2, 0) is 7.05 Å². The highest BCUT2D eigenvalue weighted by Gasteiger charge is 2.14. The van der Waals surface area contributed by atoms with E-state index in [1.165, 1.54) is 19.3 Å². The first-order chi connectivity index (χ1) is 12.1. The summed E-state index contributed by atoms with van der Waals surface area (Å²) in [5, 5.41) is 1.14. The van der Waals surface area contributed by atoms with E-state index >= 15 is 0 Å². The van der Waals surface area contributed by atoms with Gasteiger partial charge in [0, 0.05) is 38.1 Å². The highest BCUT2D eigenvalue weighted by atomic mass is 32.2. The smallest absolute Gasteiger partial charge is 0.253 e. The van der Waals surface area contributed by atoms with Crippen LogP contribution in [0.3, 0.4) is 0 Å². The van der Waals surface area contributed by atoms with Crippen LogP contribution in [0.5, 0.6) is 0 Å². The van der Waals surface area contributed by atoms with Gasteiger partial charge < -0.3 is 4.57 Å². The SMILES string of the molecule is Cc1cc(-c2ccc3ncc(SN4CCCCC4)n3c2)cn(C)c1=O. The van der Waals surface area contributed by atoms with Gasteiger partial charge in [0.1, 0.15) is 10.7 Å². The second kappa shape index (κ2) is 6.69. The zero-order valence-corrected chi connectivity index (χ0v) is 15.4. The summed E-state index contributed by atoms with van der Waals surface area (Å²) in [6, 6.07) is 6.06. The summed E-state index contributed by atoms with van der Waals surface area (Å²) < 4.78 is 6.22. The van der Waals surface area contributed by atoms with Gasteiger partial charge in [0.05, 0.1) is 6.20 Å². The minimum Gasteiger partial charge on any atom is -0.318 e. The normalized spacial score (nSPS) is 15.8. The number of hydrogen-bond donors (Lipinski definition) is 0. The lowest BCUT2D eigenvalue weighted by Gasteiger charge is -2.24. The van der Waals surface area contributed by atoms with Crippen LogP contribution < -0.4 is 5.56 Å². The highest BCUT2D eigenvalue weighted by Crippen LogP contribution is 2.28. The molecule has 1 fully saturated rings. The minimum absolute atomic E-state index is 0.0498. The molecule has 0 radical (unpaired) electrons. The Morgan fingerprint density at radius 2 is 1.88 bits per heavy atom. The number of aryl methyl sites for hydroxylation is 2. The maximum atomic E-state index is 11.9. The molecule has 4 rings (SSSR count). The lowest BCUT2D eigenvalue weighted by molar-refractivity contribution is 0.380. The molecule has 130 valence electrons. The molecule has 0 amide bonds. The van der Waals surface area contributed by atoms with E-state index in [0.29, 0.717) is 0 Å². The van der Waals surface area contributed by atoms with Gasteiger partial charge in [-0.05, 0) is 61.0 Å². The van der Waals surface area contributed by atoms with Crippen molar-refractivity contribution in [2.24, 2.45) is 7.05 Å². The van der Waals surface area contributed by atoms with Gasteiger partial charge in [-0.15, -0.1) is 0 Å². The summed E-state index contributed by atoms with van der Waals surface area (Å²) in [6.07, 6.45) is 9.84. The summed E-state index contributed by atoms with van der Waals surface area (Å²) in [5.41, 5.74) is 3.89. The molecule has 3 aromatic heterocycles. The van der Waals surface area contributed by atoms with Crippen LogP contribution in [0.4, 0.5) is 0 Å². The summed E-state index contributed by atoms with van der Waals surface area (Å²) in [7, 11) is 1.80. The lowest BCUT2D eigenvalue weighted by Crippen LogP contribution is -2.23. The highest BCUT2D eigenvalue weighted by molar-refractivity contribution is 7.97. The average Bonchev–Trinajstić information content (AvgIpc) is 3.02. The summed E-state index contributed by atoms with van der Waals surface area (Å²) in [4.78, 5) is 16.5. The van der Waals surface area contributed by atoms with Gasteiger partial charge in [-0.3, -0.25) is 9.20 Å². The minimum atomic E-state index is 0.0498. The van der Waals surface area contributed by atoms with Gasteiger partial charge in [-0.2, -0.15) is 0 Å². The molecule has 1 aliphatic rings. The van der Waals surface area contributed by atoms with Crippen LogP contribution >= 0.6 is 11.9 Å². The molecule has 0 saturated carbocycles. The van der Waals surface area contributed by atoms with E-state index in [9.17, 15) is 4.79 Å². The molecule has 0 N–H and O–H groups in total. The number of aromatic nitrogens is 3. The Balaban J connectivity index is 1.72. The summed E-state index contributed by atoms with van der Waals surface area (Å²) >= 11 is 1.79. The van der Waals surface area contributed by atoms with Crippen LogP contribution in [0, 0.1) is 6.92 Å². The van der Waals surface area contributed by atoms with Crippen LogP contribution in [0.1, 0.15) is 24.8 Å². The summed E-state index contributed by atoms with van der Waals surface area (Å²) in [5.74, 6) is 0. The van der Waals surface area contributed by atoms with Gasteiger partial charge in [-0.1, -0.05) is 6.42 Å². The molecule has 0 unspecified atom stereocenters. The Morgan fingerprint density at radius 3 is 2.64 bits per heavy atom. The first kappa shape index (κ1) is 16.4. The molecule has 0 spiro atoms. The second-order valence-electron chi connectivity index (χ2n) is 6.65. The Kier molecular flexibility index (Phi) is 4.39. The number of nitrogens with zero attached hydrogens (tertiary/aromatic N) is 4. The van der Waals surface area contributed by atoms with Crippen LogP contribution in [-0.4, -0.2) is 31.3 Å². The van der Waals surface area contributed by atoms with Gasteiger partial charge >= 0.3 is 0 Å². The molecule has 0 aromatic carbocycles. The second-order valence-corrected chi connectivity index (χ2v) is 7.77. The topological polar surface area (TPSA) is 42.5 Å². The third kappa shape index (κ3) is 3.24. The van der Waals surface area contributed by atoms with E-state index in [0.717, 1.165) is 40.5 Å². The molecule has 1 saturated heterocycles. The van der Waals surface area contributed by atoms with Crippen molar-refractivity contribution in [1.29, 1.82) is 0 Å². The Morgan fingerprint density at radius 1 is 1.08 bits per heavy atom. The summed E-state index contributed by atoms with van der Waals surface area (Å²) in [6.45, 7) is 4.13. The number of imidazole rings is 1. The first-order valence-electron chi connectivity index (χ1n) is 8.69. The molecule has 5 nitrogen and oxygen atoms in total. The largest absolute Gasteiger partial charge is 0.318 e. The zero-order chi connectivity index (χ0) is 17.4. The van der Waals surface area contributed by atoms with Crippen molar-refractivity contribution in [2.45, 2.75) is 31.2 Å². The predicted molar refractivity (Wildman–Crippen MR) is 102 cm³/mol.